The quantitative estimate of drug-likeness (QED) is 0.876. The summed E-state index contributed by atoms with van der Waals surface area (Å²) in [5.74, 6) is 0.854. The van der Waals surface area contributed by atoms with Crippen LogP contribution in [0.4, 0.5) is 0 Å². The van der Waals surface area contributed by atoms with Gasteiger partial charge in [0.15, 0.2) is 5.43 Å². The van der Waals surface area contributed by atoms with Gasteiger partial charge in [0.1, 0.15) is 5.75 Å². The molecule has 0 bridgehead atoms. The number of ether oxygens (including phenoxy) is 1. The van der Waals surface area contributed by atoms with E-state index in [1.54, 1.807) is 19.2 Å². The lowest BCUT2D eigenvalue weighted by Crippen LogP contribution is -2.25. The summed E-state index contributed by atoms with van der Waals surface area (Å²) in [5, 5.41) is 3.46. The molecular weight excluding hydrogens is 252 g/mol. The van der Waals surface area contributed by atoms with Crippen LogP contribution in [-0.4, -0.2) is 18.2 Å². The molecule has 1 aromatic heterocycles. The lowest BCUT2D eigenvalue weighted by Gasteiger charge is -2.20. The standard InChI is InChI=1S/C16H20N2O2/c1-3-17-16(12-18-10-8-14(19)9-11-18)13-4-6-15(20-2)7-5-13/h4-11,16-17H,3,12H2,1-2H3. The third-order valence-electron chi connectivity index (χ3n) is 3.22. The molecule has 0 aliphatic heterocycles. The van der Waals surface area contributed by atoms with Crippen molar-refractivity contribution in [2.45, 2.75) is 19.5 Å². The van der Waals surface area contributed by atoms with E-state index in [1.807, 2.05) is 29.1 Å². The minimum atomic E-state index is 0.0331. The molecule has 0 saturated carbocycles. The zero-order valence-electron chi connectivity index (χ0n) is 11.9. The summed E-state index contributed by atoms with van der Waals surface area (Å²) in [4.78, 5) is 11.1. The van der Waals surface area contributed by atoms with Crippen molar-refractivity contribution < 1.29 is 4.74 Å². The predicted octanol–water partition coefficient (Wildman–Crippen LogP) is 2.21. The smallest absolute Gasteiger partial charge is 0.181 e. The number of rotatable bonds is 6. The molecule has 106 valence electrons. The fourth-order valence-corrected chi connectivity index (χ4v) is 2.15. The van der Waals surface area contributed by atoms with Gasteiger partial charge in [0.2, 0.25) is 0 Å². The summed E-state index contributed by atoms with van der Waals surface area (Å²) in [6.45, 7) is 3.75. The lowest BCUT2D eigenvalue weighted by molar-refractivity contribution is 0.413. The Hall–Kier alpha value is -2.07. The molecule has 0 amide bonds. The largest absolute Gasteiger partial charge is 0.497 e. The summed E-state index contributed by atoms with van der Waals surface area (Å²) in [7, 11) is 1.66. The van der Waals surface area contributed by atoms with Gasteiger partial charge in [-0.15, -0.1) is 0 Å². The Morgan fingerprint density at radius 2 is 1.80 bits per heavy atom. The normalized spacial score (nSPS) is 12.1. The molecule has 0 aliphatic carbocycles. The van der Waals surface area contributed by atoms with E-state index >= 15 is 0 Å². The fraction of sp³-hybridized carbons (Fsp3) is 0.312. The summed E-state index contributed by atoms with van der Waals surface area (Å²) in [5.41, 5.74) is 1.23. The number of aromatic nitrogens is 1. The number of hydrogen-bond donors (Lipinski definition) is 1. The monoisotopic (exact) mass is 272 g/mol. The van der Waals surface area contributed by atoms with E-state index in [1.165, 1.54) is 5.56 Å². The van der Waals surface area contributed by atoms with Crippen LogP contribution >= 0.6 is 0 Å². The summed E-state index contributed by atoms with van der Waals surface area (Å²) < 4.78 is 7.19. The van der Waals surface area contributed by atoms with Gasteiger partial charge in [0.05, 0.1) is 13.2 Å². The van der Waals surface area contributed by atoms with Crippen LogP contribution in [0.3, 0.4) is 0 Å². The van der Waals surface area contributed by atoms with Crippen molar-refractivity contribution in [3.63, 3.8) is 0 Å². The number of benzene rings is 1. The molecule has 1 N–H and O–H groups in total. The maximum atomic E-state index is 11.1. The van der Waals surface area contributed by atoms with Crippen LogP contribution in [0.15, 0.2) is 53.6 Å². The number of nitrogens with one attached hydrogen (secondary N) is 1. The highest BCUT2D eigenvalue weighted by Crippen LogP contribution is 2.19. The first-order chi connectivity index (χ1) is 9.72. The highest BCUT2D eigenvalue weighted by molar-refractivity contribution is 5.29. The van der Waals surface area contributed by atoms with Gasteiger partial charge in [-0.1, -0.05) is 19.1 Å². The lowest BCUT2D eigenvalue weighted by atomic mass is 10.1. The molecule has 4 heteroatoms. The molecule has 2 aromatic rings. The minimum Gasteiger partial charge on any atom is -0.497 e. The zero-order valence-corrected chi connectivity index (χ0v) is 11.9. The summed E-state index contributed by atoms with van der Waals surface area (Å²) >= 11 is 0. The number of methoxy groups -OCH3 is 1. The highest BCUT2D eigenvalue weighted by atomic mass is 16.5. The average Bonchev–Trinajstić information content (AvgIpc) is 2.49. The Balaban J connectivity index is 2.16. The van der Waals surface area contributed by atoms with Crippen molar-refractivity contribution in [2.75, 3.05) is 13.7 Å². The molecule has 1 heterocycles. The highest BCUT2D eigenvalue weighted by Gasteiger charge is 2.10. The van der Waals surface area contributed by atoms with E-state index in [0.717, 1.165) is 18.8 Å². The SMILES string of the molecule is CCNC(Cn1ccc(=O)cc1)c1ccc(OC)cc1. The number of nitrogens with zero attached hydrogens (tertiary/aromatic N) is 1. The van der Waals surface area contributed by atoms with Crippen LogP contribution in [0.25, 0.3) is 0 Å². The molecule has 0 spiro atoms. The van der Waals surface area contributed by atoms with Gasteiger partial charge in [-0.2, -0.15) is 0 Å². The maximum Gasteiger partial charge on any atom is 0.181 e. The number of pyridine rings is 1. The van der Waals surface area contributed by atoms with E-state index in [-0.39, 0.29) is 11.5 Å². The van der Waals surface area contributed by atoms with Crippen LogP contribution in [0.5, 0.6) is 5.75 Å². The first-order valence-electron chi connectivity index (χ1n) is 6.76. The Bertz CT molecular complexity index is 570. The molecule has 0 fully saturated rings. The van der Waals surface area contributed by atoms with E-state index in [9.17, 15) is 4.79 Å². The Morgan fingerprint density at radius 3 is 2.35 bits per heavy atom. The molecule has 1 atom stereocenters. The molecule has 2 rings (SSSR count). The zero-order chi connectivity index (χ0) is 14.4. The topological polar surface area (TPSA) is 43.3 Å². The molecule has 0 radical (unpaired) electrons. The second kappa shape index (κ2) is 6.91. The first kappa shape index (κ1) is 14.3. The fourth-order valence-electron chi connectivity index (χ4n) is 2.15. The van der Waals surface area contributed by atoms with E-state index in [4.69, 9.17) is 4.74 Å². The molecule has 1 aromatic carbocycles. The van der Waals surface area contributed by atoms with Gasteiger partial charge >= 0.3 is 0 Å². The predicted molar refractivity (Wildman–Crippen MR) is 80.1 cm³/mol. The van der Waals surface area contributed by atoms with Crippen molar-refractivity contribution in [1.29, 1.82) is 0 Å². The van der Waals surface area contributed by atoms with Crippen LogP contribution < -0.4 is 15.5 Å². The second-order valence-corrected chi connectivity index (χ2v) is 4.61. The number of hydrogen-bond acceptors (Lipinski definition) is 3. The van der Waals surface area contributed by atoms with Crippen molar-refractivity contribution >= 4 is 0 Å². The van der Waals surface area contributed by atoms with Crippen LogP contribution in [0.2, 0.25) is 0 Å². The van der Waals surface area contributed by atoms with Crippen LogP contribution in [0, 0.1) is 0 Å². The maximum absolute atomic E-state index is 11.1. The Kier molecular flexibility index (Phi) is 4.96. The van der Waals surface area contributed by atoms with Gasteiger partial charge in [-0.25, -0.2) is 0 Å². The molecule has 1 unspecified atom stereocenters. The molecule has 4 nitrogen and oxygen atoms in total. The molecule has 0 aliphatic rings. The van der Waals surface area contributed by atoms with Crippen molar-refractivity contribution in [2.24, 2.45) is 0 Å². The molecule has 20 heavy (non-hydrogen) atoms. The van der Waals surface area contributed by atoms with Crippen LogP contribution in [-0.2, 0) is 6.54 Å². The second-order valence-electron chi connectivity index (χ2n) is 4.61. The van der Waals surface area contributed by atoms with Crippen LogP contribution in [0.1, 0.15) is 18.5 Å². The van der Waals surface area contributed by atoms with Crippen molar-refractivity contribution in [3.05, 3.63) is 64.6 Å². The van der Waals surface area contributed by atoms with Gasteiger partial charge in [-0.3, -0.25) is 4.79 Å². The number of likely N-dealkylation sites (N-methyl/N-ethyl adjacent to an activating group) is 1. The average molecular weight is 272 g/mol. The van der Waals surface area contributed by atoms with E-state index in [0.29, 0.717) is 0 Å². The third-order valence-corrected chi connectivity index (χ3v) is 3.22. The third kappa shape index (κ3) is 3.71. The van der Waals surface area contributed by atoms with Gasteiger partial charge < -0.3 is 14.6 Å². The van der Waals surface area contributed by atoms with Gasteiger partial charge in [0, 0.05) is 31.1 Å². The molecule has 0 saturated heterocycles. The summed E-state index contributed by atoms with van der Waals surface area (Å²) in [6, 6.07) is 11.4. The van der Waals surface area contributed by atoms with Crippen molar-refractivity contribution in [1.82, 2.24) is 9.88 Å². The molecular formula is C16H20N2O2. The van der Waals surface area contributed by atoms with Gasteiger partial charge in [0.25, 0.3) is 0 Å². The van der Waals surface area contributed by atoms with Crippen molar-refractivity contribution in [3.8, 4) is 5.75 Å². The first-order valence-corrected chi connectivity index (χ1v) is 6.76. The van der Waals surface area contributed by atoms with E-state index < -0.39 is 0 Å². The van der Waals surface area contributed by atoms with E-state index in [2.05, 4.69) is 24.4 Å². The van der Waals surface area contributed by atoms with Gasteiger partial charge in [-0.05, 0) is 24.2 Å². The minimum absolute atomic E-state index is 0.0331. The Morgan fingerprint density at radius 1 is 1.15 bits per heavy atom. The Labute approximate surface area is 119 Å². The summed E-state index contributed by atoms with van der Waals surface area (Å²) in [6.07, 6.45) is 3.63.